The number of nitrogens with two attached hydrogens (primary N) is 1. The van der Waals surface area contributed by atoms with Crippen molar-refractivity contribution >= 4 is 88.3 Å². The van der Waals surface area contributed by atoms with E-state index in [4.69, 9.17) is 139 Å². The van der Waals surface area contributed by atoms with E-state index in [2.05, 4.69) is 10.6 Å². The lowest BCUT2D eigenvalue weighted by molar-refractivity contribution is -0.282. The summed E-state index contributed by atoms with van der Waals surface area (Å²) in [5, 5.41) is 101. The summed E-state index contributed by atoms with van der Waals surface area (Å²) >= 11 is 0. The molecule has 0 bridgehead atoms. The highest BCUT2D eigenvalue weighted by atomic mass is 31.2. The number of nitrogens with zero attached hydrogens (tertiary/aromatic N) is 1. The van der Waals surface area contributed by atoms with Crippen molar-refractivity contribution in [2.75, 3.05) is 113 Å². The molecule has 772 valence electrons. The van der Waals surface area contributed by atoms with Gasteiger partial charge in [-0.15, -0.1) is 5.06 Å². The number of carboxylic acid groups (broad SMARTS) is 1. The highest BCUT2D eigenvalue weighted by molar-refractivity contribution is 7.48. The van der Waals surface area contributed by atoms with Crippen molar-refractivity contribution in [2.24, 2.45) is 11.7 Å². The Hall–Kier alpha value is -3.70. The number of unbranched alkanes of at least 4 members (excludes halogenated alkanes) is 3. The SMILES string of the molecule is CC(=O)NC1C(OCCCCC(=O)O)OC(CO)C(O)C1O.CC(=O)NC1C(OCCCCC(=O)ON2C(=O)CCC2=O)OC(CO)C(O)C1O.[B][C@@H]1O[C@H](COP(=O)(O)OC(C)C)C(OP(=O)(O)OC(C)C)[C@@H]1OCOCCOCCCC(=O)CCCCOC1OC(CO)C(O)C(O)C1C.[B][C@@H]1O[C@H](COP(=O)(O)OC(C)C)C(OP(=O)(O)OC(C)C)[C@@H]1OCOCCOCCN. The first-order chi connectivity index (χ1) is 62.4. The third-order valence-electron chi connectivity index (χ3n) is 19.0. The van der Waals surface area contributed by atoms with Gasteiger partial charge in [0.05, 0.1) is 96.6 Å². The fraction of sp³-hybridized carbons (Fsp3) is 0.907. The number of hydrogen-bond donors (Lipinski definition) is 17. The molecular weight excluding hydrogens is 1870 g/mol. The number of rotatable bonds is 60. The molecular formula is C75H138B2N4O48P4. The van der Waals surface area contributed by atoms with Gasteiger partial charge in [-0.25, -0.2) is 23.1 Å². The van der Waals surface area contributed by atoms with E-state index >= 15 is 0 Å². The summed E-state index contributed by atoms with van der Waals surface area (Å²) in [7, 11) is -6.11. The van der Waals surface area contributed by atoms with Crippen molar-refractivity contribution in [2.45, 2.75) is 319 Å². The minimum atomic E-state index is -4.63. The van der Waals surface area contributed by atoms with Crippen LogP contribution in [0.3, 0.4) is 0 Å². The molecule has 0 spiro atoms. The molecule has 18 N–H and O–H groups in total. The monoisotopic (exact) mass is 2010 g/mol. The van der Waals surface area contributed by atoms with Crippen molar-refractivity contribution in [1.29, 1.82) is 0 Å². The Morgan fingerprint density at radius 2 is 0.797 bits per heavy atom. The van der Waals surface area contributed by atoms with Crippen molar-refractivity contribution in [3.8, 4) is 0 Å². The topological polar surface area (TPSA) is 737 Å². The molecule has 6 heterocycles. The van der Waals surface area contributed by atoms with Gasteiger partial charge in [0.1, 0.15) is 133 Å². The van der Waals surface area contributed by atoms with Crippen LogP contribution in [-0.2, 0) is 159 Å². The standard InChI is InChI=1S/C29H55BO18P2.C17H26N2O10.C16H34BNO12P2.C13H23NO8/c1-18(2)46-49(35,36)43-16-23-26(48-50(37,38)47-19(3)4)27(28(30)44-23)42-17-40-14-13-39-11-8-10-21(32)9-6-7-12-41-29-20(5)24(33)25(34)22(15-31)45-29;1-9(21)18-14-16(26)15(25)10(8-20)28-17(14)27-7-3-2-4-13(24)29-19-11(22)5-6-12(19)23;1-11(2)28-31(19,20)26-9-13-14(30-32(21,22)29-12(3)4)15(16(17)27-13)25-10-24-8-7-23-6-5-18;1-7(16)14-10-12(20)11(19)8(6-15)22-13(10)21-5-3-2-4-9(17)18/h18-20,22-29,31,33-34H,6-17H2,1-5H3,(H,35,36)(H,37,38);10,14-17,20,25-26H,2-8H2,1H3,(H,18,21);11-16H,5-10,18H2,1-4H3,(H,19,20)(H,21,22);8,10-13,15,19-20H,2-6H2,1H3,(H,14,16)(H,17,18)/t20?,22?,23-,24?,25?,26?,27+,28-,29?;;13-,14?,15+,16-;/m1.1./s1. The van der Waals surface area contributed by atoms with Crippen molar-refractivity contribution in [3.05, 3.63) is 0 Å². The highest BCUT2D eigenvalue weighted by Crippen LogP contribution is 2.52. The number of carbonyl (C=O) groups excluding carboxylic acids is 6. The molecule has 27 atom stereocenters. The van der Waals surface area contributed by atoms with Crippen LogP contribution in [0.5, 0.6) is 0 Å². The van der Waals surface area contributed by atoms with E-state index in [-0.39, 0.29) is 78.1 Å². The fourth-order valence-electron chi connectivity index (χ4n) is 12.8. The first-order valence-corrected chi connectivity index (χ1v) is 49.2. The first-order valence-electron chi connectivity index (χ1n) is 43.3. The van der Waals surface area contributed by atoms with Gasteiger partial charge in [-0.3, -0.25) is 65.0 Å². The average molecular weight is 2010 g/mol. The number of ether oxygens (including phenoxy) is 14. The molecule has 6 rings (SSSR count). The van der Waals surface area contributed by atoms with E-state index in [0.29, 0.717) is 95.8 Å². The van der Waals surface area contributed by atoms with Crippen LogP contribution in [0.15, 0.2) is 0 Å². The third-order valence-corrected chi connectivity index (χ3v) is 23.7. The molecule has 0 aliphatic carbocycles. The molecule has 0 aromatic carbocycles. The smallest absolute Gasteiger partial charge is 0.472 e. The van der Waals surface area contributed by atoms with Gasteiger partial charge < -0.3 is 158 Å². The Morgan fingerprint density at radius 1 is 0.444 bits per heavy atom. The Bertz CT molecular complexity index is 3550. The van der Waals surface area contributed by atoms with Crippen LogP contribution in [0.1, 0.15) is 160 Å². The first kappa shape index (κ1) is 123. The maximum atomic E-state index is 12.5. The Kier molecular flexibility index (Phi) is 59.4. The lowest BCUT2D eigenvalue weighted by Crippen LogP contribution is -2.64. The van der Waals surface area contributed by atoms with Gasteiger partial charge in [0.25, 0.3) is 11.8 Å². The Balaban J connectivity index is 0.000000479. The minimum absolute atomic E-state index is 0.0185. The van der Waals surface area contributed by atoms with Gasteiger partial charge in [0.2, 0.25) is 11.8 Å². The number of amides is 4. The normalized spacial score (nSPS) is 30.1. The van der Waals surface area contributed by atoms with E-state index in [1.807, 2.05) is 0 Å². The van der Waals surface area contributed by atoms with Crippen molar-refractivity contribution in [1.82, 2.24) is 15.7 Å². The molecule has 21 unspecified atom stereocenters. The summed E-state index contributed by atoms with van der Waals surface area (Å²) in [5.74, 6) is -4.01. The summed E-state index contributed by atoms with van der Waals surface area (Å²) in [6, 6.07) is -4.31. The molecule has 6 aliphatic rings. The van der Waals surface area contributed by atoms with Gasteiger partial charge in [-0.1, -0.05) is 6.92 Å². The van der Waals surface area contributed by atoms with Crippen molar-refractivity contribution in [3.63, 3.8) is 0 Å². The number of phosphoric acid groups is 4. The lowest BCUT2D eigenvalue weighted by atomic mass is 9.92. The molecule has 58 heteroatoms. The Morgan fingerprint density at radius 3 is 1.18 bits per heavy atom. The summed E-state index contributed by atoms with van der Waals surface area (Å²) < 4.78 is 165. The lowest BCUT2D eigenvalue weighted by Gasteiger charge is -2.42. The van der Waals surface area contributed by atoms with Gasteiger partial charge in [0, 0.05) is 103 Å². The van der Waals surface area contributed by atoms with Crippen LogP contribution in [0.25, 0.3) is 0 Å². The van der Waals surface area contributed by atoms with Crippen LogP contribution >= 0.6 is 31.3 Å². The van der Waals surface area contributed by atoms with Gasteiger partial charge in [-0.05, 0) is 100 Å². The molecule has 133 heavy (non-hydrogen) atoms. The maximum Gasteiger partial charge on any atom is 0.472 e. The second kappa shape index (κ2) is 64.0. The third kappa shape index (κ3) is 48.1. The molecule has 6 saturated heterocycles. The zero-order valence-electron chi connectivity index (χ0n) is 76.4. The van der Waals surface area contributed by atoms with E-state index in [0.717, 1.165) is 0 Å². The molecule has 6 aliphatic heterocycles. The average Bonchev–Trinajstić information content (AvgIpc) is 1.80. The number of imide groups is 1. The number of ketones is 1. The number of nitrogens with one attached hydrogen (secondary N) is 2. The highest BCUT2D eigenvalue weighted by Gasteiger charge is 2.52. The molecule has 0 aromatic rings. The van der Waals surface area contributed by atoms with Crippen LogP contribution < -0.4 is 16.4 Å². The second-order valence-corrected chi connectivity index (χ2v) is 37.4. The number of carboxylic acids is 1. The summed E-state index contributed by atoms with van der Waals surface area (Å²) in [5.41, 5.74) is 5.31. The van der Waals surface area contributed by atoms with Crippen LogP contribution in [-0.4, -0.2) is 404 Å². The van der Waals surface area contributed by atoms with E-state index in [1.165, 1.54) is 41.5 Å². The number of aliphatic hydroxyl groups is 9. The van der Waals surface area contributed by atoms with Gasteiger partial charge >= 0.3 is 43.2 Å². The molecule has 6 fully saturated rings. The van der Waals surface area contributed by atoms with Crippen LogP contribution in [0, 0.1) is 5.92 Å². The van der Waals surface area contributed by atoms with Gasteiger partial charge in [-0.2, -0.15) is 0 Å². The summed E-state index contributed by atoms with van der Waals surface area (Å²) in [6.45, 7) is 15.8. The zero-order valence-corrected chi connectivity index (χ0v) is 80.0. The number of hydroxylamine groups is 2. The van der Waals surface area contributed by atoms with E-state index in [9.17, 15) is 112 Å². The minimum Gasteiger partial charge on any atom is -0.481 e. The van der Waals surface area contributed by atoms with E-state index in [1.54, 1.807) is 34.6 Å². The predicted molar refractivity (Wildman–Crippen MR) is 453 cm³/mol. The van der Waals surface area contributed by atoms with Gasteiger partial charge in [0.15, 0.2) is 18.9 Å². The molecule has 4 amide bonds. The fourth-order valence-corrected chi connectivity index (χ4v) is 17.0. The number of aliphatic hydroxyl groups excluding tert-OH is 9. The quantitative estimate of drug-likeness (QED) is 0.0102. The largest absolute Gasteiger partial charge is 0.481 e. The number of phosphoric ester groups is 4. The van der Waals surface area contributed by atoms with Crippen LogP contribution in [0.2, 0.25) is 0 Å². The molecule has 0 saturated carbocycles. The Labute approximate surface area is 773 Å². The summed E-state index contributed by atoms with van der Waals surface area (Å²) in [4.78, 5) is 124. The van der Waals surface area contributed by atoms with Crippen LogP contribution in [0.4, 0.5) is 0 Å². The van der Waals surface area contributed by atoms with Crippen molar-refractivity contribution < 1.29 is 230 Å². The van der Waals surface area contributed by atoms with E-state index < -0.39 is 265 Å². The molecule has 0 aromatic heterocycles. The number of Topliss-reactive ketones (excluding diaryl/α,β-unsaturated/α-hetero) is 1. The maximum absolute atomic E-state index is 12.5. The molecule has 4 radical (unpaired) electrons. The zero-order chi connectivity index (χ0) is 100. The number of aliphatic carboxylic acids is 1. The predicted octanol–water partition coefficient (Wildman–Crippen LogP) is -2.09. The number of hydrogen-bond acceptors (Lipinski definition) is 44. The molecule has 52 nitrogen and oxygen atoms in total. The second-order valence-electron chi connectivity index (χ2n) is 31.8. The summed E-state index contributed by atoms with van der Waals surface area (Å²) in [6.07, 6.45) is -19.4. The number of carbonyl (C=O) groups is 7.